The number of rotatable bonds is 4. The van der Waals surface area contributed by atoms with Crippen molar-refractivity contribution < 1.29 is 13.9 Å². The molecule has 0 fully saturated rings. The first kappa shape index (κ1) is 22.5. The van der Waals surface area contributed by atoms with Crippen LogP contribution >= 0.6 is 35.2 Å². The number of carbonyl (C=O) groups is 1. The maximum Gasteiger partial charge on any atom is 0.337 e. The zero-order chi connectivity index (χ0) is 24.0. The Morgan fingerprint density at radius 2 is 1.88 bits per heavy atom. The molecule has 0 N–H and O–H groups in total. The van der Waals surface area contributed by atoms with Gasteiger partial charge in [0.1, 0.15) is 11.5 Å². The van der Waals surface area contributed by atoms with Crippen LogP contribution in [0.25, 0.3) is 27.0 Å². The van der Waals surface area contributed by atoms with Crippen molar-refractivity contribution in [1.29, 1.82) is 0 Å². The van der Waals surface area contributed by atoms with Gasteiger partial charge in [-0.05, 0) is 48.1 Å². The minimum Gasteiger partial charge on any atom is -0.465 e. The van der Waals surface area contributed by atoms with Gasteiger partial charge in [-0.25, -0.2) is 9.18 Å². The summed E-state index contributed by atoms with van der Waals surface area (Å²) < 4.78 is 23.3. The lowest BCUT2D eigenvalue weighted by Gasteiger charge is -2.15. The lowest BCUT2D eigenvalue weighted by Crippen LogP contribution is -2.24. The largest absolute Gasteiger partial charge is 0.465 e. The van der Waals surface area contributed by atoms with Crippen LogP contribution in [0.2, 0.25) is 5.02 Å². The van der Waals surface area contributed by atoms with Crippen molar-refractivity contribution in [3.05, 3.63) is 103 Å². The molecule has 0 spiro atoms. The molecule has 2 heterocycles. The lowest BCUT2D eigenvalue weighted by atomic mass is 10.1. The maximum absolute atomic E-state index is 14.7. The number of benzene rings is 3. The number of thiazole rings is 1. The molecule has 9 heteroatoms. The average Bonchev–Trinajstić information content (AvgIpc) is 3.20. The summed E-state index contributed by atoms with van der Waals surface area (Å²) in [6, 6.07) is 18.6. The minimum atomic E-state index is -0.526. The molecule has 3 aromatic carbocycles. The second-order valence-corrected chi connectivity index (χ2v) is 9.59. The van der Waals surface area contributed by atoms with Crippen molar-refractivity contribution in [1.82, 2.24) is 8.97 Å². The third-order valence-electron chi connectivity index (χ3n) is 5.59. The van der Waals surface area contributed by atoms with Crippen molar-refractivity contribution >= 4 is 57.7 Å². The topological polar surface area (TPSA) is 52.7 Å². The van der Waals surface area contributed by atoms with Gasteiger partial charge in [0, 0.05) is 10.6 Å². The molecule has 5 aromatic rings. The number of fused-ring (bicyclic) bond motifs is 3. The number of carbonyl (C=O) groups excluding carboxylic acids is 1. The molecule has 0 aliphatic rings. The number of ether oxygens (including phenoxy) is 1. The van der Waals surface area contributed by atoms with Gasteiger partial charge < -0.3 is 4.74 Å². The van der Waals surface area contributed by atoms with Gasteiger partial charge in [0.2, 0.25) is 0 Å². The van der Waals surface area contributed by atoms with Crippen LogP contribution in [0, 0.1) is 9.77 Å². The summed E-state index contributed by atoms with van der Waals surface area (Å²) in [4.78, 5) is 26.7. The number of halogens is 2. The van der Waals surface area contributed by atoms with Gasteiger partial charge in [-0.3, -0.25) is 13.8 Å². The van der Waals surface area contributed by atoms with Crippen LogP contribution in [0.5, 0.6) is 0 Å². The van der Waals surface area contributed by atoms with Crippen LogP contribution in [0.3, 0.4) is 0 Å². The van der Waals surface area contributed by atoms with Crippen molar-refractivity contribution in [2.24, 2.45) is 0 Å². The molecule has 0 aliphatic heterocycles. The van der Waals surface area contributed by atoms with E-state index in [1.54, 1.807) is 22.6 Å². The molecule has 0 saturated carbocycles. The van der Waals surface area contributed by atoms with E-state index >= 15 is 0 Å². The summed E-state index contributed by atoms with van der Waals surface area (Å²) in [6.07, 6.45) is 0. The average molecular weight is 511 g/mol. The lowest BCUT2D eigenvalue weighted by molar-refractivity contribution is 0.0601. The predicted octanol–water partition coefficient (Wildman–Crippen LogP) is 6.34. The highest BCUT2D eigenvalue weighted by Gasteiger charge is 2.21. The highest BCUT2D eigenvalue weighted by atomic mass is 35.5. The van der Waals surface area contributed by atoms with E-state index in [1.807, 2.05) is 30.3 Å². The Morgan fingerprint density at radius 3 is 2.59 bits per heavy atom. The Morgan fingerprint density at radius 1 is 1.12 bits per heavy atom. The standard InChI is InChI=1S/C25H16ClFN2O3S2/c1-32-24(31)15-10-11-16-20(12-15)29-22(21(34-25(29)33)14-6-3-2-4-7-14)28(23(16)30)13-17-18(26)8-5-9-19(17)27/h2-12H,13H2,1H3. The first-order valence-corrected chi connectivity index (χ1v) is 11.8. The number of esters is 1. The van der Waals surface area contributed by atoms with Gasteiger partial charge in [-0.2, -0.15) is 0 Å². The van der Waals surface area contributed by atoms with Crippen LogP contribution in [-0.2, 0) is 11.3 Å². The minimum absolute atomic E-state index is 0.0894. The summed E-state index contributed by atoms with van der Waals surface area (Å²) in [6.45, 7) is -0.0894. The van der Waals surface area contributed by atoms with E-state index in [2.05, 4.69) is 0 Å². The highest BCUT2D eigenvalue weighted by molar-refractivity contribution is 7.73. The summed E-state index contributed by atoms with van der Waals surface area (Å²) in [7, 11) is 1.29. The SMILES string of the molecule is COC(=O)c1ccc2c(=O)n(Cc3c(F)cccc3Cl)c3c(-c4ccccc4)sc(=S)n3c2c1. The summed E-state index contributed by atoms with van der Waals surface area (Å²) in [5, 5.41) is 0.558. The number of hydrogen-bond donors (Lipinski definition) is 0. The second-order valence-electron chi connectivity index (χ2n) is 7.54. The molecule has 0 unspecified atom stereocenters. The van der Waals surface area contributed by atoms with Gasteiger partial charge in [-0.15, -0.1) is 11.3 Å². The van der Waals surface area contributed by atoms with E-state index in [4.69, 9.17) is 28.6 Å². The molecule has 0 amide bonds. The first-order chi connectivity index (χ1) is 16.4. The first-order valence-electron chi connectivity index (χ1n) is 10.2. The molecule has 5 rings (SSSR count). The molecule has 170 valence electrons. The molecule has 0 atom stereocenters. The van der Waals surface area contributed by atoms with E-state index in [9.17, 15) is 14.0 Å². The van der Waals surface area contributed by atoms with Crippen LogP contribution in [0.4, 0.5) is 4.39 Å². The fraction of sp³-hybridized carbons (Fsp3) is 0.0800. The summed E-state index contributed by atoms with van der Waals surface area (Å²) in [5.41, 5.74) is 1.98. The smallest absolute Gasteiger partial charge is 0.337 e. The van der Waals surface area contributed by atoms with Crippen LogP contribution < -0.4 is 5.56 Å². The van der Waals surface area contributed by atoms with Gasteiger partial charge in [0.05, 0.1) is 35.0 Å². The molecule has 5 nitrogen and oxygen atoms in total. The molecule has 0 saturated heterocycles. The Kier molecular flexibility index (Phi) is 5.81. The zero-order valence-corrected chi connectivity index (χ0v) is 20.1. The fourth-order valence-corrected chi connectivity index (χ4v) is 5.63. The van der Waals surface area contributed by atoms with Crippen molar-refractivity contribution in [2.45, 2.75) is 6.54 Å². The summed E-state index contributed by atoms with van der Waals surface area (Å²) in [5.74, 6) is -1.03. The highest BCUT2D eigenvalue weighted by Crippen LogP contribution is 2.34. The third kappa shape index (κ3) is 3.64. The Balaban J connectivity index is 1.93. The number of methoxy groups -OCH3 is 1. The zero-order valence-electron chi connectivity index (χ0n) is 17.7. The summed E-state index contributed by atoms with van der Waals surface area (Å²) >= 11 is 13.3. The van der Waals surface area contributed by atoms with Crippen LogP contribution in [-0.4, -0.2) is 22.0 Å². The van der Waals surface area contributed by atoms with Crippen molar-refractivity contribution in [3.63, 3.8) is 0 Å². The third-order valence-corrected chi connectivity index (χ3v) is 7.36. The molecular formula is C25H16ClFN2O3S2. The van der Waals surface area contributed by atoms with Gasteiger partial charge in [0.15, 0.2) is 3.95 Å². The Hall–Kier alpha value is -3.33. The van der Waals surface area contributed by atoms with Crippen LogP contribution in [0.15, 0.2) is 71.5 Å². The second kappa shape index (κ2) is 8.79. The number of nitrogens with zero attached hydrogens (tertiary/aromatic N) is 2. The fourth-order valence-electron chi connectivity index (χ4n) is 3.97. The number of aromatic nitrogens is 2. The van der Waals surface area contributed by atoms with Gasteiger partial charge in [-0.1, -0.05) is 48.0 Å². The molecule has 34 heavy (non-hydrogen) atoms. The molecule has 0 radical (unpaired) electrons. The van der Waals surface area contributed by atoms with E-state index in [0.29, 0.717) is 26.1 Å². The van der Waals surface area contributed by atoms with E-state index < -0.39 is 11.8 Å². The maximum atomic E-state index is 14.7. The quantitative estimate of drug-likeness (QED) is 0.209. The van der Waals surface area contributed by atoms with E-state index in [-0.39, 0.29) is 22.7 Å². The van der Waals surface area contributed by atoms with Crippen molar-refractivity contribution in [2.75, 3.05) is 7.11 Å². The van der Waals surface area contributed by atoms with Crippen LogP contribution in [0.1, 0.15) is 15.9 Å². The van der Waals surface area contributed by atoms with Gasteiger partial charge in [0.25, 0.3) is 5.56 Å². The normalized spacial score (nSPS) is 11.3. The van der Waals surface area contributed by atoms with E-state index in [1.165, 1.54) is 41.2 Å². The molecule has 0 bridgehead atoms. The predicted molar refractivity (Wildman–Crippen MR) is 135 cm³/mol. The van der Waals surface area contributed by atoms with Gasteiger partial charge >= 0.3 is 5.97 Å². The Labute approximate surface area is 207 Å². The number of hydrogen-bond acceptors (Lipinski definition) is 5. The molecule has 0 aliphatic carbocycles. The van der Waals surface area contributed by atoms with Crippen molar-refractivity contribution in [3.8, 4) is 10.4 Å². The van der Waals surface area contributed by atoms with E-state index in [0.717, 1.165) is 10.4 Å². The molecule has 2 aromatic heterocycles. The monoisotopic (exact) mass is 510 g/mol. The Bertz CT molecular complexity index is 1690. The molecular weight excluding hydrogens is 495 g/mol.